The Morgan fingerprint density at radius 2 is 2.35 bits per heavy atom. The Balaban J connectivity index is 1.69. The Bertz CT molecular complexity index is 452. The molecule has 0 aromatic carbocycles. The van der Waals surface area contributed by atoms with E-state index in [1.165, 1.54) is 25.8 Å². The molecule has 1 amide bonds. The molecule has 110 valence electrons. The fourth-order valence-electron chi connectivity index (χ4n) is 2.61. The minimum absolute atomic E-state index is 0.0505. The van der Waals surface area contributed by atoms with Crippen LogP contribution in [0.2, 0.25) is 0 Å². The molecule has 1 aromatic heterocycles. The first-order chi connectivity index (χ1) is 9.66. The Morgan fingerprint density at radius 3 is 3.10 bits per heavy atom. The van der Waals surface area contributed by atoms with Crippen LogP contribution in [0.5, 0.6) is 0 Å². The van der Waals surface area contributed by atoms with Gasteiger partial charge < -0.3 is 10.2 Å². The van der Waals surface area contributed by atoms with Gasteiger partial charge in [-0.3, -0.25) is 9.78 Å². The number of carbonyl (C=O) groups is 1. The molecule has 0 spiro atoms. The molecule has 1 aliphatic rings. The van der Waals surface area contributed by atoms with Crippen molar-refractivity contribution in [2.75, 3.05) is 19.6 Å². The van der Waals surface area contributed by atoms with E-state index < -0.39 is 0 Å². The molecule has 0 aliphatic carbocycles. The molecule has 0 bridgehead atoms. The maximum absolute atomic E-state index is 11.9. The molecule has 2 heterocycles. The summed E-state index contributed by atoms with van der Waals surface area (Å²) in [6, 6.07) is 2.48. The van der Waals surface area contributed by atoms with Crippen LogP contribution in [0.3, 0.4) is 0 Å². The van der Waals surface area contributed by atoms with Crippen LogP contribution in [0.4, 0.5) is 0 Å². The van der Waals surface area contributed by atoms with Gasteiger partial charge in [-0.05, 0) is 54.7 Å². The Kier molecular flexibility index (Phi) is 5.98. The standard InChI is InChI=1S/C15H22BrN3O/c1-12-5-2-3-7-19(12)8-4-6-18-15(20)13-9-14(16)11-17-10-13/h9-12H,2-8H2,1H3,(H,18,20). The summed E-state index contributed by atoms with van der Waals surface area (Å²) in [4.78, 5) is 18.5. The SMILES string of the molecule is CC1CCCCN1CCCNC(=O)c1cncc(Br)c1. The summed E-state index contributed by atoms with van der Waals surface area (Å²) < 4.78 is 0.826. The van der Waals surface area contributed by atoms with Crippen LogP contribution in [0.1, 0.15) is 43.0 Å². The lowest BCUT2D eigenvalue weighted by molar-refractivity contribution is 0.0948. The summed E-state index contributed by atoms with van der Waals surface area (Å²) in [6.45, 7) is 5.28. The molecule has 1 unspecified atom stereocenters. The molecule has 4 nitrogen and oxygen atoms in total. The number of aromatic nitrogens is 1. The lowest BCUT2D eigenvalue weighted by atomic mass is 10.0. The quantitative estimate of drug-likeness (QED) is 0.839. The highest BCUT2D eigenvalue weighted by Gasteiger charge is 2.17. The van der Waals surface area contributed by atoms with E-state index in [1.54, 1.807) is 18.5 Å². The molecule has 0 saturated carbocycles. The number of nitrogens with zero attached hydrogens (tertiary/aromatic N) is 2. The fourth-order valence-corrected chi connectivity index (χ4v) is 2.98. The number of nitrogens with one attached hydrogen (secondary N) is 1. The summed E-state index contributed by atoms with van der Waals surface area (Å²) in [6.07, 6.45) is 8.22. The van der Waals surface area contributed by atoms with Crippen molar-refractivity contribution in [3.05, 3.63) is 28.5 Å². The molecule has 1 saturated heterocycles. The van der Waals surface area contributed by atoms with Crippen molar-refractivity contribution in [3.8, 4) is 0 Å². The molecule has 2 rings (SSSR count). The Morgan fingerprint density at radius 1 is 1.50 bits per heavy atom. The number of pyridine rings is 1. The van der Waals surface area contributed by atoms with Crippen LogP contribution >= 0.6 is 15.9 Å². The van der Waals surface area contributed by atoms with Gasteiger partial charge in [0.25, 0.3) is 5.91 Å². The summed E-state index contributed by atoms with van der Waals surface area (Å²) >= 11 is 3.32. The third-order valence-electron chi connectivity index (χ3n) is 3.82. The molecular weight excluding hydrogens is 318 g/mol. The van der Waals surface area contributed by atoms with E-state index in [1.807, 2.05) is 0 Å². The van der Waals surface area contributed by atoms with Crippen LogP contribution in [-0.4, -0.2) is 41.5 Å². The van der Waals surface area contributed by atoms with Crippen molar-refractivity contribution in [3.63, 3.8) is 0 Å². The minimum atomic E-state index is -0.0505. The Labute approximate surface area is 129 Å². The number of hydrogen-bond acceptors (Lipinski definition) is 3. The van der Waals surface area contributed by atoms with Gasteiger partial charge in [-0.15, -0.1) is 0 Å². The summed E-state index contributed by atoms with van der Waals surface area (Å²) in [5.41, 5.74) is 0.603. The maximum atomic E-state index is 11.9. The van der Waals surface area contributed by atoms with E-state index in [2.05, 4.69) is 38.1 Å². The monoisotopic (exact) mass is 339 g/mol. The van der Waals surface area contributed by atoms with E-state index in [0.29, 0.717) is 18.2 Å². The molecule has 1 atom stereocenters. The van der Waals surface area contributed by atoms with Gasteiger partial charge in [0.05, 0.1) is 5.56 Å². The number of piperidine rings is 1. The van der Waals surface area contributed by atoms with E-state index in [0.717, 1.165) is 17.4 Å². The molecule has 1 aliphatic heterocycles. The topological polar surface area (TPSA) is 45.2 Å². The normalized spacial score (nSPS) is 19.8. The highest BCUT2D eigenvalue weighted by molar-refractivity contribution is 9.10. The van der Waals surface area contributed by atoms with Crippen LogP contribution in [0, 0.1) is 0 Å². The number of rotatable bonds is 5. The zero-order valence-corrected chi connectivity index (χ0v) is 13.5. The average Bonchev–Trinajstić information content (AvgIpc) is 2.45. The van der Waals surface area contributed by atoms with Gasteiger partial charge in [-0.2, -0.15) is 0 Å². The molecule has 1 N–H and O–H groups in total. The van der Waals surface area contributed by atoms with Gasteiger partial charge in [-0.25, -0.2) is 0 Å². The van der Waals surface area contributed by atoms with Crippen molar-refractivity contribution in [2.24, 2.45) is 0 Å². The van der Waals surface area contributed by atoms with Crippen molar-refractivity contribution < 1.29 is 4.79 Å². The molecule has 0 radical (unpaired) electrons. The molecule has 5 heteroatoms. The largest absolute Gasteiger partial charge is 0.352 e. The number of carbonyl (C=O) groups excluding carboxylic acids is 1. The van der Waals surface area contributed by atoms with E-state index in [9.17, 15) is 4.79 Å². The maximum Gasteiger partial charge on any atom is 0.252 e. The van der Waals surface area contributed by atoms with E-state index in [-0.39, 0.29) is 5.91 Å². The number of likely N-dealkylation sites (tertiary alicyclic amines) is 1. The van der Waals surface area contributed by atoms with Crippen LogP contribution in [0.25, 0.3) is 0 Å². The van der Waals surface area contributed by atoms with E-state index in [4.69, 9.17) is 0 Å². The van der Waals surface area contributed by atoms with Gasteiger partial charge in [0.15, 0.2) is 0 Å². The van der Waals surface area contributed by atoms with Crippen molar-refractivity contribution in [1.29, 1.82) is 0 Å². The second-order valence-corrected chi connectivity index (χ2v) is 6.30. The second-order valence-electron chi connectivity index (χ2n) is 5.38. The average molecular weight is 340 g/mol. The van der Waals surface area contributed by atoms with Gasteiger partial charge in [-0.1, -0.05) is 6.42 Å². The first kappa shape index (κ1) is 15.4. The lowest BCUT2D eigenvalue weighted by Gasteiger charge is -2.33. The van der Waals surface area contributed by atoms with Crippen molar-refractivity contribution in [2.45, 2.75) is 38.6 Å². The third kappa shape index (κ3) is 4.56. The van der Waals surface area contributed by atoms with Gasteiger partial charge >= 0.3 is 0 Å². The molecule has 20 heavy (non-hydrogen) atoms. The Hall–Kier alpha value is -0.940. The van der Waals surface area contributed by atoms with Crippen molar-refractivity contribution in [1.82, 2.24) is 15.2 Å². The zero-order chi connectivity index (χ0) is 14.4. The van der Waals surface area contributed by atoms with E-state index >= 15 is 0 Å². The highest BCUT2D eigenvalue weighted by atomic mass is 79.9. The minimum Gasteiger partial charge on any atom is -0.352 e. The first-order valence-corrected chi connectivity index (χ1v) is 8.09. The number of amides is 1. The molecule has 1 aromatic rings. The van der Waals surface area contributed by atoms with Crippen molar-refractivity contribution >= 4 is 21.8 Å². The summed E-state index contributed by atoms with van der Waals surface area (Å²) in [5.74, 6) is -0.0505. The molecular formula is C15H22BrN3O. The molecule has 1 fully saturated rings. The lowest BCUT2D eigenvalue weighted by Crippen LogP contribution is -2.39. The zero-order valence-electron chi connectivity index (χ0n) is 11.9. The third-order valence-corrected chi connectivity index (χ3v) is 4.25. The van der Waals surface area contributed by atoms with Crippen LogP contribution < -0.4 is 5.32 Å². The predicted molar refractivity (Wildman–Crippen MR) is 83.8 cm³/mol. The summed E-state index contributed by atoms with van der Waals surface area (Å²) in [5, 5.41) is 2.95. The first-order valence-electron chi connectivity index (χ1n) is 7.29. The fraction of sp³-hybridized carbons (Fsp3) is 0.600. The second kappa shape index (κ2) is 7.74. The number of halogens is 1. The van der Waals surface area contributed by atoms with Crippen LogP contribution in [0.15, 0.2) is 22.9 Å². The van der Waals surface area contributed by atoms with Gasteiger partial charge in [0.2, 0.25) is 0 Å². The van der Waals surface area contributed by atoms with Crippen LogP contribution in [-0.2, 0) is 0 Å². The predicted octanol–water partition coefficient (Wildman–Crippen LogP) is 2.84. The number of hydrogen-bond donors (Lipinski definition) is 1. The summed E-state index contributed by atoms with van der Waals surface area (Å²) in [7, 11) is 0. The van der Waals surface area contributed by atoms with Gasteiger partial charge in [0.1, 0.15) is 0 Å². The highest BCUT2D eigenvalue weighted by Crippen LogP contribution is 2.16. The smallest absolute Gasteiger partial charge is 0.252 e. The van der Waals surface area contributed by atoms with Gasteiger partial charge in [0, 0.05) is 36.0 Å².